The third-order valence-electron chi connectivity index (χ3n) is 5.81. The van der Waals surface area contributed by atoms with E-state index in [9.17, 15) is 9.59 Å². The first-order valence-corrected chi connectivity index (χ1v) is 9.51. The molecule has 20 heavy (non-hydrogen) atoms. The van der Waals surface area contributed by atoms with E-state index in [0.717, 1.165) is 49.7 Å². The molecule has 0 aromatic rings. The molecular formula is C16H18Br2O2. The van der Waals surface area contributed by atoms with Crippen molar-refractivity contribution in [2.45, 2.75) is 48.2 Å². The van der Waals surface area contributed by atoms with Crippen LogP contribution in [0.15, 0.2) is 11.1 Å². The highest BCUT2D eigenvalue weighted by molar-refractivity contribution is 9.09. The Morgan fingerprint density at radius 3 is 1.45 bits per heavy atom. The Bertz CT molecular complexity index is 479. The number of Topliss-reactive ketones (excluding diaryl/α,β-unsaturated/α-hetero) is 2. The van der Waals surface area contributed by atoms with Crippen molar-refractivity contribution in [3.63, 3.8) is 0 Å². The summed E-state index contributed by atoms with van der Waals surface area (Å²) in [7, 11) is 0. The topological polar surface area (TPSA) is 34.1 Å². The Hall–Kier alpha value is 0.0400. The second kappa shape index (κ2) is 4.77. The summed E-state index contributed by atoms with van der Waals surface area (Å²) in [6.07, 6.45) is 6.04. The molecule has 0 heterocycles. The van der Waals surface area contributed by atoms with Gasteiger partial charge < -0.3 is 0 Å². The molecule has 108 valence electrons. The smallest absolute Gasteiger partial charge is 0.163 e. The molecular weight excluding hydrogens is 384 g/mol. The first-order chi connectivity index (χ1) is 9.58. The van der Waals surface area contributed by atoms with E-state index < -0.39 is 0 Å². The molecule has 0 amide bonds. The van der Waals surface area contributed by atoms with E-state index >= 15 is 0 Å². The third-order valence-corrected chi connectivity index (χ3v) is 7.47. The van der Waals surface area contributed by atoms with E-state index in [1.54, 1.807) is 0 Å². The first-order valence-electron chi connectivity index (χ1n) is 7.68. The second-order valence-electron chi connectivity index (χ2n) is 6.80. The van der Waals surface area contributed by atoms with Crippen molar-refractivity contribution < 1.29 is 9.59 Å². The van der Waals surface area contributed by atoms with Gasteiger partial charge in [-0.2, -0.15) is 0 Å². The minimum atomic E-state index is 0.102. The van der Waals surface area contributed by atoms with Crippen molar-refractivity contribution in [1.29, 1.82) is 0 Å². The zero-order valence-electron chi connectivity index (χ0n) is 11.3. The molecule has 0 bridgehead atoms. The maximum atomic E-state index is 12.8. The van der Waals surface area contributed by atoms with Gasteiger partial charge in [0.05, 0.1) is 0 Å². The molecule has 4 rings (SSSR count). The predicted octanol–water partition coefficient (Wildman–Crippen LogP) is 3.81. The maximum absolute atomic E-state index is 12.8. The first kappa shape index (κ1) is 13.7. The van der Waals surface area contributed by atoms with Gasteiger partial charge in [0.2, 0.25) is 0 Å². The number of allylic oxidation sites excluding steroid dienone is 2. The molecule has 6 unspecified atom stereocenters. The quantitative estimate of drug-likeness (QED) is 0.578. The number of hydrogen-bond acceptors (Lipinski definition) is 2. The Kier molecular flexibility index (Phi) is 3.26. The second-order valence-corrected chi connectivity index (χ2v) is 9.39. The zero-order chi connectivity index (χ0) is 14.0. The van der Waals surface area contributed by atoms with Crippen LogP contribution in [0.25, 0.3) is 0 Å². The van der Waals surface area contributed by atoms with E-state index in [-0.39, 0.29) is 23.7 Å². The van der Waals surface area contributed by atoms with Crippen LogP contribution in [0, 0.1) is 23.7 Å². The molecule has 4 aliphatic carbocycles. The predicted molar refractivity (Wildman–Crippen MR) is 84.1 cm³/mol. The summed E-state index contributed by atoms with van der Waals surface area (Å²) in [5.74, 6) is 1.34. The van der Waals surface area contributed by atoms with Crippen LogP contribution >= 0.6 is 31.9 Å². The molecule has 4 heteroatoms. The lowest BCUT2D eigenvalue weighted by Crippen LogP contribution is -2.35. The van der Waals surface area contributed by atoms with Crippen LogP contribution in [0.3, 0.4) is 0 Å². The summed E-state index contributed by atoms with van der Waals surface area (Å²) >= 11 is 7.32. The van der Waals surface area contributed by atoms with Gasteiger partial charge >= 0.3 is 0 Å². The molecule has 0 N–H and O–H groups in total. The lowest BCUT2D eigenvalue weighted by atomic mass is 9.72. The minimum absolute atomic E-state index is 0.102. The maximum Gasteiger partial charge on any atom is 0.163 e. The van der Waals surface area contributed by atoms with E-state index in [1.807, 2.05) is 0 Å². The van der Waals surface area contributed by atoms with Gasteiger partial charge in [-0.1, -0.05) is 31.9 Å². The Morgan fingerprint density at radius 1 is 0.650 bits per heavy atom. The normalized spacial score (nSPS) is 47.3. The van der Waals surface area contributed by atoms with E-state index in [2.05, 4.69) is 31.9 Å². The molecule has 2 nitrogen and oxygen atoms in total. The zero-order valence-corrected chi connectivity index (χ0v) is 14.5. The Balaban J connectivity index is 1.71. The van der Waals surface area contributed by atoms with Crippen molar-refractivity contribution in [3.8, 4) is 0 Å². The number of halogens is 2. The van der Waals surface area contributed by atoms with Gasteiger partial charge in [0.1, 0.15) is 0 Å². The third kappa shape index (κ3) is 1.79. The lowest BCUT2D eigenvalue weighted by Gasteiger charge is -2.33. The summed E-state index contributed by atoms with van der Waals surface area (Å²) in [4.78, 5) is 26.5. The van der Waals surface area contributed by atoms with Gasteiger partial charge in [-0.15, -0.1) is 0 Å². The largest absolute Gasteiger partial charge is 0.294 e. The van der Waals surface area contributed by atoms with Crippen molar-refractivity contribution in [1.82, 2.24) is 0 Å². The number of carbonyl (C=O) groups is 2. The highest BCUT2D eigenvalue weighted by Gasteiger charge is 2.56. The van der Waals surface area contributed by atoms with Crippen LogP contribution < -0.4 is 0 Å². The van der Waals surface area contributed by atoms with Gasteiger partial charge in [0.15, 0.2) is 11.6 Å². The number of carbonyl (C=O) groups excluding carboxylic acids is 2. The van der Waals surface area contributed by atoms with Gasteiger partial charge in [0, 0.05) is 32.6 Å². The molecule has 2 saturated carbocycles. The standard InChI is InChI=1S/C16H18Br2O2/c17-7-1-3-9-11(5-7)15(19)14-10-4-2-8(18)6-12(10)16(20)13(9)14/h7-12H,1-6H2. The molecule has 4 aliphatic rings. The average molecular weight is 402 g/mol. The van der Waals surface area contributed by atoms with Crippen LogP contribution in [0.1, 0.15) is 38.5 Å². The highest BCUT2D eigenvalue weighted by Crippen LogP contribution is 2.56. The van der Waals surface area contributed by atoms with Crippen LogP contribution in [-0.4, -0.2) is 21.2 Å². The van der Waals surface area contributed by atoms with Crippen molar-refractivity contribution in [2.75, 3.05) is 0 Å². The van der Waals surface area contributed by atoms with Crippen LogP contribution in [0.4, 0.5) is 0 Å². The summed E-state index contributed by atoms with van der Waals surface area (Å²) in [5, 5.41) is 0. The van der Waals surface area contributed by atoms with Gasteiger partial charge in [-0.05, 0) is 50.4 Å². The van der Waals surface area contributed by atoms with Crippen LogP contribution in [-0.2, 0) is 9.59 Å². The fourth-order valence-electron chi connectivity index (χ4n) is 4.94. The molecule has 0 aromatic heterocycles. The minimum Gasteiger partial charge on any atom is -0.294 e. The van der Waals surface area contributed by atoms with Crippen molar-refractivity contribution in [2.24, 2.45) is 23.7 Å². The fourth-order valence-corrected chi connectivity index (χ4v) is 6.27. The molecule has 0 radical (unpaired) electrons. The molecule has 0 aliphatic heterocycles. The summed E-state index contributed by atoms with van der Waals surface area (Å²) < 4.78 is 0. The highest BCUT2D eigenvalue weighted by atomic mass is 79.9. The molecule has 6 atom stereocenters. The number of ketones is 2. The summed E-state index contributed by atoms with van der Waals surface area (Å²) in [6.45, 7) is 0. The summed E-state index contributed by atoms with van der Waals surface area (Å²) in [6, 6.07) is 0. The van der Waals surface area contributed by atoms with E-state index in [1.165, 1.54) is 0 Å². The number of fused-ring (bicyclic) bond motifs is 4. The van der Waals surface area contributed by atoms with Gasteiger partial charge in [-0.25, -0.2) is 0 Å². The fraction of sp³-hybridized carbons (Fsp3) is 0.750. The SMILES string of the molecule is O=C1C2=C(C(=O)C3CC(Br)CCC23)C2CCC(Br)CC12. The van der Waals surface area contributed by atoms with Crippen LogP contribution in [0.5, 0.6) is 0 Å². The van der Waals surface area contributed by atoms with E-state index in [4.69, 9.17) is 0 Å². The average Bonchev–Trinajstić information content (AvgIpc) is 2.86. The monoisotopic (exact) mass is 400 g/mol. The molecule has 0 aromatic carbocycles. The van der Waals surface area contributed by atoms with Crippen molar-refractivity contribution in [3.05, 3.63) is 11.1 Å². The Labute approximate surface area is 136 Å². The van der Waals surface area contributed by atoms with Crippen LogP contribution in [0.2, 0.25) is 0 Å². The number of alkyl halides is 2. The number of rotatable bonds is 0. The molecule has 2 fully saturated rings. The molecule has 0 saturated heterocycles. The van der Waals surface area contributed by atoms with E-state index in [0.29, 0.717) is 21.2 Å². The molecule has 0 spiro atoms. The van der Waals surface area contributed by atoms with Gasteiger partial charge in [0.25, 0.3) is 0 Å². The van der Waals surface area contributed by atoms with Crippen molar-refractivity contribution >= 4 is 43.4 Å². The Morgan fingerprint density at radius 2 is 1.05 bits per heavy atom. The lowest BCUT2D eigenvalue weighted by molar-refractivity contribution is -0.123. The number of hydrogen-bond donors (Lipinski definition) is 0. The van der Waals surface area contributed by atoms with Gasteiger partial charge in [-0.3, -0.25) is 9.59 Å². The summed E-state index contributed by atoms with van der Waals surface area (Å²) in [5.41, 5.74) is 1.94.